The van der Waals surface area contributed by atoms with E-state index in [9.17, 15) is 4.79 Å². The van der Waals surface area contributed by atoms with Crippen LogP contribution in [0.2, 0.25) is 0 Å². The number of halogens is 1. The number of hydrogen-bond acceptors (Lipinski definition) is 3. The molecule has 0 aliphatic heterocycles. The highest BCUT2D eigenvalue weighted by Gasteiger charge is 2.22. The fourth-order valence-corrected chi connectivity index (χ4v) is 1.97. The molecule has 0 fully saturated rings. The predicted molar refractivity (Wildman–Crippen MR) is 73.0 cm³/mol. The maximum Gasteiger partial charge on any atom is 0.310 e. The molecule has 0 radical (unpaired) electrons. The van der Waals surface area contributed by atoms with Crippen molar-refractivity contribution in [1.29, 1.82) is 0 Å². The summed E-state index contributed by atoms with van der Waals surface area (Å²) in [7, 11) is 1.43. The van der Waals surface area contributed by atoms with E-state index in [2.05, 4.69) is 21.2 Å². The zero-order chi connectivity index (χ0) is 12.8. The van der Waals surface area contributed by atoms with Gasteiger partial charge in [-0.15, -0.1) is 0 Å². The van der Waals surface area contributed by atoms with Crippen LogP contribution >= 0.6 is 15.9 Å². The van der Waals surface area contributed by atoms with Crippen molar-refractivity contribution in [2.75, 3.05) is 19.0 Å². The molecule has 0 aromatic heterocycles. The normalized spacial score (nSPS) is 12.3. The summed E-state index contributed by atoms with van der Waals surface area (Å²) >= 11 is 3.41. The zero-order valence-electron chi connectivity index (χ0n) is 10.4. The first kappa shape index (κ1) is 14.0. The molecule has 0 bridgehead atoms. The van der Waals surface area contributed by atoms with Crippen molar-refractivity contribution in [2.24, 2.45) is 11.8 Å². The summed E-state index contributed by atoms with van der Waals surface area (Å²) in [5.41, 5.74) is 0.994. The molecule has 0 amide bonds. The van der Waals surface area contributed by atoms with Crippen molar-refractivity contribution in [3.05, 3.63) is 28.7 Å². The fourth-order valence-electron chi connectivity index (χ4n) is 1.57. The third kappa shape index (κ3) is 4.38. The number of carbonyl (C=O) groups is 1. The lowest BCUT2D eigenvalue weighted by molar-refractivity contribution is -0.146. The van der Waals surface area contributed by atoms with Crippen LogP contribution in [0.15, 0.2) is 28.7 Å². The van der Waals surface area contributed by atoms with E-state index < -0.39 is 0 Å². The summed E-state index contributed by atoms with van der Waals surface area (Å²) in [5, 5.41) is 3.25. The van der Waals surface area contributed by atoms with Crippen LogP contribution in [0.25, 0.3) is 0 Å². The third-order valence-electron chi connectivity index (χ3n) is 2.66. The third-order valence-corrected chi connectivity index (χ3v) is 3.15. The number of ether oxygens (including phenoxy) is 1. The monoisotopic (exact) mass is 299 g/mol. The highest BCUT2D eigenvalue weighted by Crippen LogP contribution is 2.18. The summed E-state index contributed by atoms with van der Waals surface area (Å²) in [6.45, 7) is 4.62. The maximum absolute atomic E-state index is 11.6. The van der Waals surface area contributed by atoms with Gasteiger partial charge in [-0.1, -0.05) is 35.8 Å². The highest BCUT2D eigenvalue weighted by molar-refractivity contribution is 9.10. The quantitative estimate of drug-likeness (QED) is 0.848. The minimum absolute atomic E-state index is 0.126. The molecule has 4 heteroatoms. The molecule has 1 aromatic rings. The summed E-state index contributed by atoms with van der Waals surface area (Å²) in [6, 6.07) is 7.87. The number of nitrogens with one attached hydrogen (secondary N) is 1. The van der Waals surface area contributed by atoms with Gasteiger partial charge in [-0.05, 0) is 24.1 Å². The molecule has 94 valence electrons. The van der Waals surface area contributed by atoms with Gasteiger partial charge in [0.25, 0.3) is 0 Å². The topological polar surface area (TPSA) is 38.3 Å². The number of esters is 1. The summed E-state index contributed by atoms with van der Waals surface area (Å²) in [5.74, 6) is -0.0384. The molecule has 1 N–H and O–H groups in total. The number of benzene rings is 1. The predicted octanol–water partition coefficient (Wildman–Crippen LogP) is 3.31. The molecular weight excluding hydrogens is 282 g/mol. The van der Waals surface area contributed by atoms with E-state index in [-0.39, 0.29) is 17.8 Å². The molecule has 0 spiro atoms. The van der Waals surface area contributed by atoms with Crippen LogP contribution in [0, 0.1) is 11.8 Å². The van der Waals surface area contributed by atoms with Gasteiger partial charge >= 0.3 is 5.97 Å². The molecule has 0 heterocycles. The minimum atomic E-state index is -0.164. The fraction of sp³-hybridized carbons (Fsp3) is 0.462. The Balaban J connectivity index is 2.61. The van der Waals surface area contributed by atoms with E-state index in [0.717, 1.165) is 10.2 Å². The second-order valence-corrected chi connectivity index (χ2v) is 5.18. The first-order valence-corrected chi connectivity index (χ1v) is 6.41. The smallest absolute Gasteiger partial charge is 0.310 e. The van der Waals surface area contributed by atoms with Crippen molar-refractivity contribution in [3.8, 4) is 0 Å². The van der Waals surface area contributed by atoms with Crippen LogP contribution in [0.5, 0.6) is 0 Å². The van der Waals surface area contributed by atoms with E-state index in [4.69, 9.17) is 4.74 Å². The summed E-state index contributed by atoms with van der Waals surface area (Å²) in [4.78, 5) is 11.6. The Morgan fingerprint density at radius 2 is 2.18 bits per heavy atom. The van der Waals surface area contributed by atoms with Gasteiger partial charge in [-0.3, -0.25) is 4.79 Å². The van der Waals surface area contributed by atoms with E-state index in [1.807, 2.05) is 38.1 Å². The molecule has 3 nitrogen and oxygen atoms in total. The standard InChI is InChI=1S/C13H18BrNO2/c1-9(2)12(13(16)17-3)8-15-11-6-4-5-10(14)7-11/h4-7,9,12,15H,8H2,1-3H3. The van der Waals surface area contributed by atoms with E-state index >= 15 is 0 Å². The Hall–Kier alpha value is -1.03. The molecule has 0 saturated heterocycles. The molecule has 1 aromatic carbocycles. The second kappa shape index (κ2) is 6.64. The van der Waals surface area contributed by atoms with Gasteiger partial charge in [0.2, 0.25) is 0 Å². The van der Waals surface area contributed by atoms with Crippen LogP contribution < -0.4 is 5.32 Å². The largest absolute Gasteiger partial charge is 0.469 e. The van der Waals surface area contributed by atoms with Crippen LogP contribution in [-0.2, 0) is 9.53 Å². The number of anilines is 1. The second-order valence-electron chi connectivity index (χ2n) is 4.26. The van der Waals surface area contributed by atoms with Gasteiger partial charge in [0.1, 0.15) is 0 Å². The van der Waals surface area contributed by atoms with Crippen molar-refractivity contribution in [3.63, 3.8) is 0 Å². The van der Waals surface area contributed by atoms with Gasteiger partial charge in [0, 0.05) is 16.7 Å². The SMILES string of the molecule is COC(=O)C(CNc1cccc(Br)c1)C(C)C. The number of rotatable bonds is 5. The molecule has 0 aliphatic carbocycles. The maximum atomic E-state index is 11.6. The van der Waals surface area contributed by atoms with Crippen molar-refractivity contribution in [1.82, 2.24) is 0 Å². The van der Waals surface area contributed by atoms with Crippen LogP contribution in [0.1, 0.15) is 13.8 Å². The highest BCUT2D eigenvalue weighted by atomic mass is 79.9. The van der Waals surface area contributed by atoms with Crippen molar-refractivity contribution in [2.45, 2.75) is 13.8 Å². The van der Waals surface area contributed by atoms with Crippen molar-refractivity contribution < 1.29 is 9.53 Å². The number of carbonyl (C=O) groups excluding carboxylic acids is 1. The Labute approximate surface area is 111 Å². The average molecular weight is 300 g/mol. The molecular formula is C13H18BrNO2. The lowest BCUT2D eigenvalue weighted by Gasteiger charge is -2.19. The molecule has 1 rings (SSSR count). The average Bonchev–Trinajstić information content (AvgIpc) is 2.28. The van der Waals surface area contributed by atoms with Crippen LogP contribution in [0.4, 0.5) is 5.69 Å². The van der Waals surface area contributed by atoms with Crippen molar-refractivity contribution >= 4 is 27.6 Å². The van der Waals surface area contributed by atoms with E-state index in [1.54, 1.807) is 0 Å². The Morgan fingerprint density at radius 1 is 1.47 bits per heavy atom. The van der Waals surface area contributed by atoms with Gasteiger partial charge in [0.05, 0.1) is 13.0 Å². The summed E-state index contributed by atoms with van der Waals surface area (Å²) in [6.07, 6.45) is 0. The molecule has 0 aliphatic rings. The van der Waals surface area contributed by atoms with E-state index in [1.165, 1.54) is 7.11 Å². The first-order chi connectivity index (χ1) is 8.04. The summed E-state index contributed by atoms with van der Waals surface area (Å²) < 4.78 is 5.81. The van der Waals surface area contributed by atoms with Gasteiger partial charge < -0.3 is 10.1 Å². The van der Waals surface area contributed by atoms with Crippen LogP contribution in [-0.4, -0.2) is 19.6 Å². The minimum Gasteiger partial charge on any atom is -0.469 e. The Kier molecular flexibility index (Phi) is 5.48. The molecule has 1 unspecified atom stereocenters. The molecule has 17 heavy (non-hydrogen) atoms. The van der Waals surface area contributed by atoms with Gasteiger partial charge in [-0.2, -0.15) is 0 Å². The molecule has 1 atom stereocenters. The van der Waals surface area contributed by atoms with Gasteiger partial charge in [0.15, 0.2) is 0 Å². The zero-order valence-corrected chi connectivity index (χ0v) is 12.0. The van der Waals surface area contributed by atoms with Gasteiger partial charge in [-0.25, -0.2) is 0 Å². The lowest BCUT2D eigenvalue weighted by atomic mass is 9.96. The molecule has 0 saturated carbocycles. The first-order valence-electron chi connectivity index (χ1n) is 5.62. The lowest BCUT2D eigenvalue weighted by Crippen LogP contribution is -2.28. The van der Waals surface area contributed by atoms with E-state index in [0.29, 0.717) is 6.54 Å². The Morgan fingerprint density at radius 3 is 2.71 bits per heavy atom. The number of hydrogen-bond donors (Lipinski definition) is 1. The Bertz CT molecular complexity index is 379. The van der Waals surface area contributed by atoms with Crippen LogP contribution in [0.3, 0.4) is 0 Å². The number of methoxy groups -OCH3 is 1.